The first-order valence-corrected chi connectivity index (χ1v) is 10.4. The van der Waals surface area contributed by atoms with Crippen LogP contribution < -0.4 is 14.5 Å². The molecule has 0 spiro atoms. The van der Waals surface area contributed by atoms with Gasteiger partial charge in [0.1, 0.15) is 7.05 Å². The third-order valence-corrected chi connectivity index (χ3v) is 5.28. The highest BCUT2D eigenvalue weighted by atomic mass is 16.5. The van der Waals surface area contributed by atoms with Crippen LogP contribution in [0.25, 0.3) is 10.9 Å². The van der Waals surface area contributed by atoms with Gasteiger partial charge in [0.2, 0.25) is 16.9 Å². The summed E-state index contributed by atoms with van der Waals surface area (Å²) < 4.78 is 6.93. The highest BCUT2D eigenvalue weighted by Gasteiger charge is 2.26. The maximum Gasteiger partial charge on any atom is 0.365 e. The molecule has 3 rings (SSSR count). The molecule has 3 aromatic rings. The van der Waals surface area contributed by atoms with Crippen molar-refractivity contribution in [2.45, 2.75) is 0 Å². The normalized spacial score (nSPS) is 11.5. The number of aliphatic hydroxyl groups excluding tert-OH is 2. The van der Waals surface area contributed by atoms with Crippen LogP contribution in [-0.2, 0) is 16.6 Å². The minimum Gasteiger partial charge on any atom is -0.464 e. The molecule has 1 aromatic heterocycles. The molecule has 0 aliphatic carbocycles. The summed E-state index contributed by atoms with van der Waals surface area (Å²) in [5.41, 5.74) is 3.45. The van der Waals surface area contributed by atoms with Crippen LogP contribution in [0.3, 0.4) is 0 Å². The van der Waals surface area contributed by atoms with Crippen LogP contribution in [0.1, 0.15) is 5.69 Å². The van der Waals surface area contributed by atoms with Crippen LogP contribution in [0.5, 0.6) is 0 Å². The number of rotatable bonds is 9. The Morgan fingerprint density at radius 2 is 1.59 bits per heavy atom. The van der Waals surface area contributed by atoms with Gasteiger partial charge in [0.25, 0.3) is 0 Å². The van der Waals surface area contributed by atoms with Gasteiger partial charge in [-0.05, 0) is 36.4 Å². The Morgan fingerprint density at radius 1 is 0.969 bits per heavy atom. The second-order valence-electron chi connectivity index (χ2n) is 7.25. The van der Waals surface area contributed by atoms with Crippen molar-refractivity contribution in [3.05, 3.63) is 66.4 Å². The van der Waals surface area contributed by atoms with Gasteiger partial charge in [0, 0.05) is 43.3 Å². The summed E-state index contributed by atoms with van der Waals surface area (Å²) in [6.45, 7) is 0.853. The minimum absolute atomic E-state index is 0.00277. The molecule has 2 N–H and O–H groups in total. The number of pyridine rings is 1. The van der Waals surface area contributed by atoms with Gasteiger partial charge in [-0.25, -0.2) is 4.79 Å². The number of anilines is 2. The van der Waals surface area contributed by atoms with Crippen LogP contribution in [0, 0.1) is 0 Å². The molecule has 0 radical (unpaired) electrons. The molecule has 1 heterocycles. The fraction of sp³-hybridized carbons (Fsp3) is 0.292. The lowest BCUT2D eigenvalue weighted by atomic mass is 10.1. The molecule has 0 aliphatic heterocycles. The first-order chi connectivity index (χ1) is 15.5. The monoisotopic (exact) mass is 437 g/mol. The number of methoxy groups -OCH3 is 1. The zero-order chi connectivity index (χ0) is 23.1. The number of ether oxygens (including phenoxy) is 1. The molecule has 0 atom stereocenters. The number of aryl methyl sites for hydroxylation is 1. The number of hydrazone groups is 1. The number of nitrogens with zero attached hydrogens (tertiary/aromatic N) is 4. The topological polar surface area (TPSA) is 89.5 Å². The van der Waals surface area contributed by atoms with Crippen molar-refractivity contribution >= 4 is 34.0 Å². The van der Waals surface area contributed by atoms with E-state index in [2.05, 4.69) is 5.10 Å². The first-order valence-electron chi connectivity index (χ1n) is 10.4. The van der Waals surface area contributed by atoms with E-state index in [0.29, 0.717) is 18.8 Å². The predicted molar refractivity (Wildman–Crippen MR) is 125 cm³/mol. The van der Waals surface area contributed by atoms with Gasteiger partial charge in [0.15, 0.2) is 0 Å². The van der Waals surface area contributed by atoms with E-state index in [4.69, 9.17) is 4.74 Å². The van der Waals surface area contributed by atoms with Crippen LogP contribution in [0.4, 0.5) is 11.4 Å². The number of aliphatic hydroxyl groups is 2. The van der Waals surface area contributed by atoms with Crippen molar-refractivity contribution < 1.29 is 24.3 Å². The highest BCUT2D eigenvalue weighted by molar-refractivity contribution is 6.42. The van der Waals surface area contributed by atoms with E-state index in [0.717, 1.165) is 22.3 Å². The summed E-state index contributed by atoms with van der Waals surface area (Å²) in [6.07, 6.45) is 0. The van der Waals surface area contributed by atoms with Crippen molar-refractivity contribution in [3.8, 4) is 0 Å². The Hall–Kier alpha value is -3.49. The summed E-state index contributed by atoms with van der Waals surface area (Å²) in [6, 6.07) is 19.3. The third kappa shape index (κ3) is 5.04. The van der Waals surface area contributed by atoms with E-state index in [-0.39, 0.29) is 18.9 Å². The number of esters is 1. The number of para-hydroxylation sites is 1. The molecule has 168 valence electrons. The number of fused-ring (bicyclic) bond motifs is 1. The summed E-state index contributed by atoms with van der Waals surface area (Å²) in [5, 5.41) is 25.7. The Balaban J connectivity index is 1.95. The molecule has 0 bridgehead atoms. The largest absolute Gasteiger partial charge is 0.464 e. The number of carbonyl (C=O) groups is 1. The summed E-state index contributed by atoms with van der Waals surface area (Å²) in [5.74, 6) is -0.531. The van der Waals surface area contributed by atoms with Gasteiger partial charge in [0.05, 0.1) is 26.0 Å². The summed E-state index contributed by atoms with van der Waals surface area (Å²) in [7, 11) is 4.99. The van der Waals surface area contributed by atoms with Crippen molar-refractivity contribution in [2.75, 3.05) is 50.4 Å². The number of aromatic nitrogens is 1. The average Bonchev–Trinajstić information content (AvgIpc) is 2.82. The highest BCUT2D eigenvalue weighted by Crippen LogP contribution is 2.21. The van der Waals surface area contributed by atoms with Crippen LogP contribution in [-0.4, -0.2) is 62.4 Å². The second kappa shape index (κ2) is 10.7. The number of hydrogen-bond donors (Lipinski definition) is 2. The van der Waals surface area contributed by atoms with Crippen molar-refractivity contribution in [1.82, 2.24) is 0 Å². The van der Waals surface area contributed by atoms with Gasteiger partial charge < -0.3 is 19.8 Å². The fourth-order valence-electron chi connectivity index (χ4n) is 3.57. The lowest BCUT2D eigenvalue weighted by Crippen LogP contribution is -2.40. The summed E-state index contributed by atoms with van der Waals surface area (Å²) >= 11 is 0. The first kappa shape index (κ1) is 23.2. The van der Waals surface area contributed by atoms with Gasteiger partial charge in [-0.2, -0.15) is 9.67 Å². The lowest BCUT2D eigenvalue weighted by Gasteiger charge is -2.23. The Labute approximate surface area is 187 Å². The lowest BCUT2D eigenvalue weighted by molar-refractivity contribution is -0.646. The standard InChI is InChI=1S/C24H29N4O4/c1-26-21-7-5-4-6-18(21)8-13-22(26)23(24(31)32-3)25-27(2)19-9-11-20(12-10-19)28(14-16-29)15-17-30/h4-13,29-30H,14-17H2,1-3H3/q+1. The van der Waals surface area contributed by atoms with Gasteiger partial charge in [-0.15, -0.1) is 0 Å². The van der Waals surface area contributed by atoms with E-state index in [1.807, 2.05) is 77.2 Å². The molecule has 0 aliphatic rings. The zero-order valence-electron chi connectivity index (χ0n) is 18.6. The van der Waals surface area contributed by atoms with E-state index < -0.39 is 5.97 Å². The minimum atomic E-state index is -0.531. The van der Waals surface area contributed by atoms with E-state index in [1.54, 1.807) is 12.1 Å². The van der Waals surface area contributed by atoms with Crippen LogP contribution >= 0.6 is 0 Å². The second-order valence-corrected chi connectivity index (χ2v) is 7.25. The molecule has 0 saturated heterocycles. The molecule has 0 fully saturated rings. The van der Waals surface area contributed by atoms with E-state index in [1.165, 1.54) is 7.11 Å². The van der Waals surface area contributed by atoms with Gasteiger partial charge in [-0.1, -0.05) is 12.1 Å². The molecule has 8 nitrogen and oxygen atoms in total. The summed E-state index contributed by atoms with van der Waals surface area (Å²) in [4.78, 5) is 14.5. The van der Waals surface area contributed by atoms with Gasteiger partial charge in [-0.3, -0.25) is 5.01 Å². The van der Waals surface area contributed by atoms with E-state index in [9.17, 15) is 15.0 Å². The molecule has 0 unspecified atom stereocenters. The fourth-order valence-corrected chi connectivity index (χ4v) is 3.57. The SMILES string of the molecule is COC(=O)C(=NN(C)c1ccc(N(CCO)CCO)cc1)c1ccc2ccccc2[n+]1C. The molecule has 2 aromatic carbocycles. The zero-order valence-corrected chi connectivity index (χ0v) is 18.6. The van der Waals surface area contributed by atoms with Crippen LogP contribution in [0.2, 0.25) is 0 Å². The molecular formula is C24H29N4O4+. The molecule has 32 heavy (non-hydrogen) atoms. The molecule has 0 amide bonds. The number of hydrogen-bond acceptors (Lipinski definition) is 7. The predicted octanol–water partition coefficient (Wildman–Crippen LogP) is 1.47. The van der Waals surface area contributed by atoms with Crippen LogP contribution in [0.15, 0.2) is 65.8 Å². The van der Waals surface area contributed by atoms with Crippen molar-refractivity contribution in [2.24, 2.45) is 12.1 Å². The quantitative estimate of drug-likeness (QED) is 0.228. The molecule has 0 saturated carbocycles. The Bertz CT molecular complexity index is 1090. The number of carbonyl (C=O) groups excluding carboxylic acids is 1. The molecule has 8 heteroatoms. The Morgan fingerprint density at radius 3 is 2.22 bits per heavy atom. The van der Waals surface area contributed by atoms with Crippen molar-refractivity contribution in [3.63, 3.8) is 0 Å². The average molecular weight is 438 g/mol. The Kier molecular flexibility index (Phi) is 7.75. The van der Waals surface area contributed by atoms with E-state index >= 15 is 0 Å². The molecular weight excluding hydrogens is 408 g/mol. The smallest absolute Gasteiger partial charge is 0.365 e. The van der Waals surface area contributed by atoms with Crippen molar-refractivity contribution in [1.29, 1.82) is 0 Å². The maximum atomic E-state index is 12.6. The van der Waals surface area contributed by atoms with Gasteiger partial charge >= 0.3 is 5.97 Å². The number of benzene rings is 2. The third-order valence-electron chi connectivity index (χ3n) is 5.28. The maximum absolute atomic E-state index is 12.6.